The molecule has 32 heavy (non-hydrogen) atoms. The molecule has 4 heteroatoms. The molecule has 5 rings (SSSR count). The Hall–Kier alpha value is -4.18. The number of hydrogen-bond donors (Lipinski definition) is 0. The molecule has 0 saturated carbocycles. The second-order valence-corrected chi connectivity index (χ2v) is 7.57. The fourth-order valence-corrected chi connectivity index (χ4v) is 3.81. The summed E-state index contributed by atoms with van der Waals surface area (Å²) in [6.07, 6.45) is 0.234. The van der Waals surface area contributed by atoms with Gasteiger partial charge in [-0.1, -0.05) is 78.9 Å². The molecule has 0 N–H and O–H groups in total. The van der Waals surface area contributed by atoms with E-state index in [1.54, 1.807) is 18.2 Å². The van der Waals surface area contributed by atoms with Crippen LogP contribution in [0, 0.1) is 0 Å². The first-order valence-corrected chi connectivity index (χ1v) is 10.5. The maximum atomic E-state index is 12.9. The number of fused-ring (bicyclic) bond motifs is 1. The van der Waals surface area contributed by atoms with Crippen LogP contribution >= 0.6 is 0 Å². The minimum atomic E-state index is -0.301. The standard InChI is InChI=1S/C28H21NO3/c30-27(19-24(20-10-4-1-5-11-20)21-12-6-2-7-13-21)31-23-16-17-25-26(18-23)32-28(29-25)22-14-8-3-9-15-22/h1-18,24H,19H2. The van der Waals surface area contributed by atoms with Crippen molar-refractivity contribution in [3.63, 3.8) is 0 Å². The van der Waals surface area contributed by atoms with E-state index in [0.717, 1.165) is 22.2 Å². The molecular formula is C28H21NO3. The smallest absolute Gasteiger partial charge is 0.312 e. The number of oxazole rings is 1. The van der Waals surface area contributed by atoms with Crippen molar-refractivity contribution in [2.24, 2.45) is 0 Å². The summed E-state index contributed by atoms with van der Waals surface area (Å²) in [5, 5.41) is 0. The van der Waals surface area contributed by atoms with Crippen LogP contribution in [-0.4, -0.2) is 11.0 Å². The molecule has 156 valence electrons. The lowest BCUT2D eigenvalue weighted by atomic mass is 9.89. The quantitative estimate of drug-likeness (QED) is 0.229. The third-order valence-electron chi connectivity index (χ3n) is 5.39. The van der Waals surface area contributed by atoms with Crippen LogP contribution in [-0.2, 0) is 4.79 Å². The van der Waals surface area contributed by atoms with Gasteiger partial charge in [0.15, 0.2) is 5.58 Å². The molecule has 0 aliphatic rings. The first-order valence-electron chi connectivity index (χ1n) is 10.5. The molecule has 5 aromatic rings. The Kier molecular flexibility index (Phi) is 5.50. The summed E-state index contributed by atoms with van der Waals surface area (Å²) < 4.78 is 11.6. The Morgan fingerprint density at radius 1 is 0.781 bits per heavy atom. The van der Waals surface area contributed by atoms with E-state index in [-0.39, 0.29) is 18.3 Å². The van der Waals surface area contributed by atoms with Gasteiger partial charge in [0.1, 0.15) is 11.3 Å². The number of carbonyl (C=O) groups excluding carboxylic acids is 1. The predicted octanol–water partition coefficient (Wildman–Crippen LogP) is 6.62. The molecule has 0 spiro atoms. The number of ether oxygens (including phenoxy) is 1. The highest BCUT2D eigenvalue weighted by molar-refractivity contribution is 5.80. The normalized spacial score (nSPS) is 11.0. The average molecular weight is 419 g/mol. The van der Waals surface area contributed by atoms with Crippen molar-refractivity contribution in [2.75, 3.05) is 0 Å². The van der Waals surface area contributed by atoms with Crippen LogP contribution in [0.3, 0.4) is 0 Å². The van der Waals surface area contributed by atoms with Gasteiger partial charge in [-0.25, -0.2) is 4.98 Å². The van der Waals surface area contributed by atoms with Crippen molar-refractivity contribution in [1.82, 2.24) is 4.98 Å². The highest BCUT2D eigenvalue weighted by Crippen LogP contribution is 2.30. The minimum absolute atomic E-state index is 0.0800. The van der Waals surface area contributed by atoms with Crippen LogP contribution in [0.1, 0.15) is 23.5 Å². The van der Waals surface area contributed by atoms with Crippen molar-refractivity contribution in [2.45, 2.75) is 12.3 Å². The summed E-state index contributed by atoms with van der Waals surface area (Å²) in [6.45, 7) is 0. The molecule has 0 saturated heterocycles. The monoisotopic (exact) mass is 419 g/mol. The van der Waals surface area contributed by atoms with Gasteiger partial charge in [-0.3, -0.25) is 4.79 Å². The number of aromatic nitrogens is 1. The topological polar surface area (TPSA) is 52.3 Å². The van der Waals surface area contributed by atoms with E-state index in [2.05, 4.69) is 4.98 Å². The first-order chi connectivity index (χ1) is 15.8. The maximum Gasteiger partial charge on any atom is 0.312 e. The van der Waals surface area contributed by atoms with E-state index in [1.807, 2.05) is 91.0 Å². The third kappa shape index (κ3) is 4.30. The summed E-state index contributed by atoms with van der Waals surface area (Å²) in [6, 6.07) is 35.0. The Labute approximate surface area is 186 Å². The number of benzene rings is 4. The summed E-state index contributed by atoms with van der Waals surface area (Å²) in [5.74, 6) is 0.601. The van der Waals surface area contributed by atoms with Gasteiger partial charge in [0, 0.05) is 17.5 Å². The summed E-state index contributed by atoms with van der Waals surface area (Å²) in [7, 11) is 0. The minimum Gasteiger partial charge on any atom is -0.436 e. The van der Waals surface area contributed by atoms with Crippen molar-refractivity contribution in [3.8, 4) is 17.2 Å². The van der Waals surface area contributed by atoms with E-state index in [1.165, 1.54) is 0 Å². The molecule has 0 amide bonds. The SMILES string of the molecule is O=C(CC(c1ccccc1)c1ccccc1)Oc1ccc2nc(-c3ccccc3)oc2c1. The molecule has 0 aliphatic heterocycles. The summed E-state index contributed by atoms with van der Waals surface area (Å²) in [4.78, 5) is 17.4. The third-order valence-corrected chi connectivity index (χ3v) is 5.39. The lowest BCUT2D eigenvalue weighted by molar-refractivity contribution is -0.134. The zero-order chi connectivity index (χ0) is 21.8. The van der Waals surface area contributed by atoms with Gasteiger partial charge in [0.2, 0.25) is 5.89 Å². The fraction of sp³-hybridized carbons (Fsp3) is 0.0714. The van der Waals surface area contributed by atoms with E-state index in [4.69, 9.17) is 9.15 Å². The van der Waals surface area contributed by atoms with Crippen molar-refractivity contribution in [3.05, 3.63) is 120 Å². The number of rotatable bonds is 6. The van der Waals surface area contributed by atoms with Gasteiger partial charge in [-0.15, -0.1) is 0 Å². The van der Waals surface area contributed by atoms with E-state index < -0.39 is 0 Å². The van der Waals surface area contributed by atoms with Gasteiger partial charge in [0.05, 0.1) is 6.42 Å². The summed E-state index contributed by atoms with van der Waals surface area (Å²) >= 11 is 0. The van der Waals surface area contributed by atoms with Gasteiger partial charge < -0.3 is 9.15 Å². The zero-order valence-corrected chi connectivity index (χ0v) is 17.3. The van der Waals surface area contributed by atoms with Gasteiger partial charge >= 0.3 is 5.97 Å². The van der Waals surface area contributed by atoms with Crippen LogP contribution in [0.25, 0.3) is 22.6 Å². The highest BCUT2D eigenvalue weighted by atomic mass is 16.5. The molecule has 1 aromatic heterocycles. The molecule has 4 aromatic carbocycles. The Morgan fingerprint density at radius 3 is 2.00 bits per heavy atom. The molecule has 0 fully saturated rings. The number of hydrogen-bond acceptors (Lipinski definition) is 4. The Morgan fingerprint density at radius 2 is 1.38 bits per heavy atom. The molecule has 4 nitrogen and oxygen atoms in total. The van der Waals surface area contributed by atoms with E-state index >= 15 is 0 Å². The first kappa shape index (κ1) is 19.8. The summed E-state index contributed by atoms with van der Waals surface area (Å²) in [5.41, 5.74) is 4.35. The molecule has 0 bridgehead atoms. The van der Waals surface area contributed by atoms with Crippen LogP contribution < -0.4 is 4.74 Å². The molecule has 0 radical (unpaired) electrons. The van der Waals surface area contributed by atoms with E-state index in [0.29, 0.717) is 17.2 Å². The Balaban J connectivity index is 1.36. The van der Waals surface area contributed by atoms with Crippen LogP contribution in [0.5, 0.6) is 5.75 Å². The molecule has 0 unspecified atom stereocenters. The lowest BCUT2D eigenvalue weighted by Crippen LogP contribution is -2.14. The molecule has 0 atom stereocenters. The number of carbonyl (C=O) groups is 1. The van der Waals surface area contributed by atoms with Crippen LogP contribution in [0.4, 0.5) is 0 Å². The lowest BCUT2D eigenvalue weighted by Gasteiger charge is -2.17. The van der Waals surface area contributed by atoms with Crippen LogP contribution in [0.15, 0.2) is 114 Å². The van der Waals surface area contributed by atoms with Crippen LogP contribution in [0.2, 0.25) is 0 Å². The molecule has 0 aliphatic carbocycles. The fourth-order valence-electron chi connectivity index (χ4n) is 3.81. The number of nitrogens with zero attached hydrogens (tertiary/aromatic N) is 1. The van der Waals surface area contributed by atoms with Crippen molar-refractivity contribution < 1.29 is 13.9 Å². The second-order valence-electron chi connectivity index (χ2n) is 7.57. The molecule has 1 heterocycles. The van der Waals surface area contributed by atoms with Crippen molar-refractivity contribution >= 4 is 17.1 Å². The average Bonchev–Trinajstić information content (AvgIpc) is 3.28. The van der Waals surface area contributed by atoms with Gasteiger partial charge in [0.25, 0.3) is 0 Å². The Bertz CT molecular complexity index is 1290. The predicted molar refractivity (Wildman–Crippen MR) is 124 cm³/mol. The zero-order valence-electron chi connectivity index (χ0n) is 17.3. The number of esters is 1. The van der Waals surface area contributed by atoms with Crippen molar-refractivity contribution in [1.29, 1.82) is 0 Å². The van der Waals surface area contributed by atoms with Gasteiger partial charge in [-0.2, -0.15) is 0 Å². The molecular weight excluding hydrogens is 398 g/mol. The largest absolute Gasteiger partial charge is 0.436 e. The van der Waals surface area contributed by atoms with Gasteiger partial charge in [-0.05, 0) is 35.4 Å². The second kappa shape index (κ2) is 8.90. The maximum absolute atomic E-state index is 12.9. The highest BCUT2D eigenvalue weighted by Gasteiger charge is 2.20. The van der Waals surface area contributed by atoms with E-state index in [9.17, 15) is 4.79 Å².